The standard InChI is InChI=1S/C15H24N4O2S/c1-9(2)5-6-19-8-11(7-12(19)20)13(21)16-15-18-17-14(22-15)10(3)4/h9-11H,5-8H2,1-4H3,(H,16,18,21)/t11-/m0/s1. The predicted molar refractivity (Wildman–Crippen MR) is 86.8 cm³/mol. The highest BCUT2D eigenvalue weighted by Gasteiger charge is 2.34. The summed E-state index contributed by atoms with van der Waals surface area (Å²) in [6.45, 7) is 9.57. The molecule has 0 aromatic carbocycles. The fourth-order valence-corrected chi connectivity index (χ4v) is 3.05. The van der Waals surface area contributed by atoms with Crippen LogP contribution in [0.1, 0.15) is 51.5 Å². The maximum absolute atomic E-state index is 12.3. The Morgan fingerprint density at radius 3 is 2.68 bits per heavy atom. The summed E-state index contributed by atoms with van der Waals surface area (Å²) in [5.74, 6) is 0.498. The molecule has 1 fully saturated rings. The number of hydrogen-bond acceptors (Lipinski definition) is 5. The fraction of sp³-hybridized carbons (Fsp3) is 0.733. The topological polar surface area (TPSA) is 75.2 Å². The van der Waals surface area contributed by atoms with Crippen molar-refractivity contribution in [1.29, 1.82) is 0 Å². The van der Waals surface area contributed by atoms with Gasteiger partial charge in [-0.15, -0.1) is 10.2 Å². The average Bonchev–Trinajstić information content (AvgIpc) is 3.03. The summed E-state index contributed by atoms with van der Waals surface area (Å²) in [6, 6.07) is 0. The minimum atomic E-state index is -0.286. The molecule has 0 unspecified atom stereocenters. The van der Waals surface area contributed by atoms with Crippen molar-refractivity contribution in [1.82, 2.24) is 15.1 Å². The molecule has 2 rings (SSSR count). The second-order valence-corrected chi connectivity index (χ2v) is 7.52. The van der Waals surface area contributed by atoms with Crippen LogP contribution in [0, 0.1) is 11.8 Å². The molecule has 1 saturated heterocycles. The van der Waals surface area contributed by atoms with Gasteiger partial charge in [-0.3, -0.25) is 9.59 Å². The zero-order valence-electron chi connectivity index (χ0n) is 13.6. The molecule has 1 aromatic heterocycles. The predicted octanol–water partition coefficient (Wildman–Crippen LogP) is 2.49. The van der Waals surface area contributed by atoms with Gasteiger partial charge in [0.05, 0.1) is 5.92 Å². The Hall–Kier alpha value is -1.50. The van der Waals surface area contributed by atoms with E-state index in [-0.39, 0.29) is 17.7 Å². The molecule has 22 heavy (non-hydrogen) atoms. The van der Waals surface area contributed by atoms with Crippen molar-refractivity contribution in [2.24, 2.45) is 11.8 Å². The van der Waals surface area contributed by atoms with E-state index in [2.05, 4.69) is 29.4 Å². The number of amides is 2. The summed E-state index contributed by atoms with van der Waals surface area (Å²) in [6.07, 6.45) is 1.26. The first-order chi connectivity index (χ1) is 10.4. The molecule has 0 radical (unpaired) electrons. The van der Waals surface area contributed by atoms with E-state index in [0.29, 0.717) is 29.9 Å². The van der Waals surface area contributed by atoms with E-state index in [1.54, 1.807) is 4.90 Å². The van der Waals surface area contributed by atoms with Gasteiger partial charge in [-0.2, -0.15) is 0 Å². The molecular formula is C15H24N4O2S. The van der Waals surface area contributed by atoms with Crippen LogP contribution in [0.2, 0.25) is 0 Å². The maximum atomic E-state index is 12.3. The van der Waals surface area contributed by atoms with Crippen molar-refractivity contribution in [2.45, 2.75) is 46.5 Å². The Morgan fingerprint density at radius 2 is 2.09 bits per heavy atom. The van der Waals surface area contributed by atoms with Crippen molar-refractivity contribution < 1.29 is 9.59 Å². The zero-order chi connectivity index (χ0) is 16.3. The van der Waals surface area contributed by atoms with Gasteiger partial charge in [-0.25, -0.2) is 0 Å². The smallest absolute Gasteiger partial charge is 0.231 e. The molecule has 0 spiro atoms. The van der Waals surface area contributed by atoms with Crippen LogP contribution in [0.5, 0.6) is 0 Å². The number of nitrogens with zero attached hydrogens (tertiary/aromatic N) is 3. The Labute approximate surface area is 135 Å². The molecule has 7 heteroatoms. The molecule has 122 valence electrons. The third kappa shape index (κ3) is 4.25. The van der Waals surface area contributed by atoms with Crippen LogP contribution in [-0.2, 0) is 9.59 Å². The van der Waals surface area contributed by atoms with E-state index in [1.807, 2.05) is 13.8 Å². The summed E-state index contributed by atoms with van der Waals surface area (Å²) >= 11 is 1.39. The van der Waals surface area contributed by atoms with Crippen molar-refractivity contribution in [2.75, 3.05) is 18.4 Å². The largest absolute Gasteiger partial charge is 0.342 e. The first-order valence-corrected chi connectivity index (χ1v) is 8.60. The highest BCUT2D eigenvalue weighted by Crippen LogP contribution is 2.25. The van der Waals surface area contributed by atoms with Crippen LogP contribution in [0.25, 0.3) is 0 Å². The monoisotopic (exact) mass is 324 g/mol. The molecule has 1 atom stereocenters. The molecule has 1 aliphatic rings. The molecule has 1 aliphatic heterocycles. The van der Waals surface area contributed by atoms with Gasteiger partial charge in [0.1, 0.15) is 5.01 Å². The highest BCUT2D eigenvalue weighted by molar-refractivity contribution is 7.15. The van der Waals surface area contributed by atoms with Crippen LogP contribution in [0.4, 0.5) is 5.13 Å². The zero-order valence-corrected chi connectivity index (χ0v) is 14.4. The van der Waals surface area contributed by atoms with Crippen molar-refractivity contribution in [3.8, 4) is 0 Å². The van der Waals surface area contributed by atoms with Gasteiger partial charge in [-0.1, -0.05) is 39.0 Å². The SMILES string of the molecule is CC(C)CCN1C[C@@H](C(=O)Nc2nnc(C(C)C)s2)CC1=O. The van der Waals surface area contributed by atoms with Gasteiger partial charge < -0.3 is 10.2 Å². The minimum absolute atomic E-state index is 0.0703. The lowest BCUT2D eigenvalue weighted by atomic mass is 10.1. The van der Waals surface area contributed by atoms with Crippen LogP contribution in [-0.4, -0.2) is 40.0 Å². The van der Waals surface area contributed by atoms with Crippen molar-refractivity contribution in [3.05, 3.63) is 5.01 Å². The van der Waals surface area contributed by atoms with E-state index < -0.39 is 0 Å². The first-order valence-electron chi connectivity index (χ1n) is 7.78. The van der Waals surface area contributed by atoms with Gasteiger partial charge in [-0.05, 0) is 12.3 Å². The fourth-order valence-electron chi connectivity index (χ4n) is 2.30. The quantitative estimate of drug-likeness (QED) is 0.872. The molecule has 2 amide bonds. The number of hydrogen-bond donors (Lipinski definition) is 1. The van der Waals surface area contributed by atoms with Crippen LogP contribution in [0.15, 0.2) is 0 Å². The van der Waals surface area contributed by atoms with Crippen molar-refractivity contribution >= 4 is 28.3 Å². The Bertz CT molecular complexity index is 541. The summed E-state index contributed by atoms with van der Waals surface area (Å²) in [7, 11) is 0. The van der Waals surface area contributed by atoms with Gasteiger partial charge in [0, 0.05) is 25.4 Å². The van der Waals surface area contributed by atoms with Gasteiger partial charge in [0.15, 0.2) is 0 Å². The van der Waals surface area contributed by atoms with Gasteiger partial charge >= 0.3 is 0 Å². The second-order valence-electron chi connectivity index (χ2n) is 6.51. The first kappa shape index (κ1) is 16.9. The summed E-state index contributed by atoms with van der Waals surface area (Å²) in [4.78, 5) is 26.0. The van der Waals surface area contributed by atoms with E-state index in [0.717, 1.165) is 18.0 Å². The number of likely N-dealkylation sites (tertiary alicyclic amines) is 1. The van der Waals surface area contributed by atoms with Crippen LogP contribution in [0.3, 0.4) is 0 Å². The molecule has 6 nitrogen and oxygen atoms in total. The van der Waals surface area contributed by atoms with Gasteiger partial charge in [0.2, 0.25) is 16.9 Å². The maximum Gasteiger partial charge on any atom is 0.231 e. The second kappa shape index (κ2) is 7.17. The molecule has 1 N–H and O–H groups in total. The summed E-state index contributed by atoms with van der Waals surface area (Å²) in [5.41, 5.74) is 0. The number of aromatic nitrogens is 2. The molecule has 0 aliphatic carbocycles. The van der Waals surface area contributed by atoms with E-state index in [1.165, 1.54) is 11.3 Å². The molecular weight excluding hydrogens is 300 g/mol. The molecule has 0 saturated carbocycles. The van der Waals surface area contributed by atoms with Crippen molar-refractivity contribution in [3.63, 3.8) is 0 Å². The van der Waals surface area contributed by atoms with E-state index >= 15 is 0 Å². The van der Waals surface area contributed by atoms with Crippen LogP contribution < -0.4 is 5.32 Å². The third-order valence-electron chi connectivity index (χ3n) is 3.73. The summed E-state index contributed by atoms with van der Waals surface area (Å²) < 4.78 is 0. The minimum Gasteiger partial charge on any atom is -0.342 e. The Kier molecular flexibility index (Phi) is 5.50. The Morgan fingerprint density at radius 1 is 1.36 bits per heavy atom. The average molecular weight is 324 g/mol. The lowest BCUT2D eigenvalue weighted by Gasteiger charge is -2.17. The number of nitrogens with one attached hydrogen (secondary N) is 1. The number of carbonyl (C=O) groups is 2. The lowest BCUT2D eigenvalue weighted by Crippen LogP contribution is -2.29. The highest BCUT2D eigenvalue weighted by atomic mass is 32.1. The Balaban J connectivity index is 1.89. The third-order valence-corrected chi connectivity index (χ3v) is 4.87. The van der Waals surface area contributed by atoms with Gasteiger partial charge in [0.25, 0.3) is 0 Å². The summed E-state index contributed by atoms with van der Waals surface area (Å²) in [5, 5.41) is 12.2. The molecule has 1 aromatic rings. The van der Waals surface area contributed by atoms with Crippen LogP contribution >= 0.6 is 11.3 Å². The number of rotatable bonds is 6. The number of carbonyl (C=O) groups excluding carboxylic acids is 2. The number of anilines is 1. The van der Waals surface area contributed by atoms with E-state index in [9.17, 15) is 9.59 Å². The van der Waals surface area contributed by atoms with E-state index in [4.69, 9.17) is 0 Å². The molecule has 2 heterocycles. The molecule has 0 bridgehead atoms. The lowest BCUT2D eigenvalue weighted by molar-refractivity contribution is -0.128. The normalized spacial score (nSPS) is 18.5.